The van der Waals surface area contributed by atoms with Crippen LogP contribution in [0.2, 0.25) is 0 Å². The first-order valence-electron chi connectivity index (χ1n) is 16.0. The SMILES string of the molecule is CC(=O)Nc1cccc2c1CC(CN(C)C)CN2C(=O)[C@@H](Cc1c[nH]c2ccccc12)NC(=O)N1CCN(c2ccccc2)CC1. The Balaban J connectivity index is 1.28. The first kappa shape index (κ1) is 31.2. The molecular weight excluding hydrogens is 578 g/mol. The van der Waals surface area contributed by atoms with Crippen molar-refractivity contribution in [2.45, 2.75) is 25.8 Å². The smallest absolute Gasteiger partial charge is 0.318 e. The summed E-state index contributed by atoms with van der Waals surface area (Å²) in [6, 6.07) is 22.9. The van der Waals surface area contributed by atoms with E-state index in [-0.39, 0.29) is 23.8 Å². The van der Waals surface area contributed by atoms with E-state index in [0.29, 0.717) is 26.1 Å². The van der Waals surface area contributed by atoms with Gasteiger partial charge in [-0.05, 0) is 67.9 Å². The molecule has 4 amide bonds. The Hall–Kier alpha value is -4.83. The third kappa shape index (κ3) is 6.87. The van der Waals surface area contributed by atoms with Gasteiger partial charge in [0.2, 0.25) is 11.8 Å². The van der Waals surface area contributed by atoms with Gasteiger partial charge in [0.1, 0.15) is 6.04 Å². The molecule has 2 atom stereocenters. The molecule has 3 N–H and O–H groups in total. The van der Waals surface area contributed by atoms with E-state index in [1.807, 2.05) is 90.8 Å². The number of carbonyl (C=O) groups is 3. The number of aromatic amines is 1. The molecule has 1 unspecified atom stereocenters. The predicted molar refractivity (Wildman–Crippen MR) is 183 cm³/mol. The van der Waals surface area contributed by atoms with E-state index in [1.54, 1.807) is 0 Å². The average Bonchev–Trinajstić information content (AvgIpc) is 3.46. The Morgan fingerprint density at radius 2 is 1.67 bits per heavy atom. The highest BCUT2D eigenvalue weighted by atomic mass is 16.2. The van der Waals surface area contributed by atoms with Gasteiger partial charge in [0.15, 0.2) is 0 Å². The Labute approximate surface area is 270 Å². The molecule has 0 bridgehead atoms. The molecule has 1 saturated heterocycles. The second kappa shape index (κ2) is 13.7. The molecule has 6 rings (SSSR count). The number of benzene rings is 3. The summed E-state index contributed by atoms with van der Waals surface area (Å²) in [4.78, 5) is 52.0. The fourth-order valence-electron chi connectivity index (χ4n) is 6.86. The summed E-state index contributed by atoms with van der Waals surface area (Å²) in [6.07, 6.45) is 3.01. The number of H-pyrrole nitrogens is 1. The largest absolute Gasteiger partial charge is 0.368 e. The van der Waals surface area contributed by atoms with Crippen molar-refractivity contribution in [3.05, 3.63) is 90.1 Å². The third-order valence-corrected chi connectivity index (χ3v) is 8.96. The van der Waals surface area contributed by atoms with E-state index in [2.05, 4.69) is 37.6 Å². The van der Waals surface area contributed by atoms with E-state index in [1.165, 1.54) is 6.92 Å². The highest BCUT2D eigenvalue weighted by molar-refractivity contribution is 6.02. The normalized spacial score (nSPS) is 17.1. The molecule has 1 fully saturated rings. The van der Waals surface area contributed by atoms with Crippen molar-refractivity contribution in [2.24, 2.45) is 5.92 Å². The second-order valence-corrected chi connectivity index (χ2v) is 12.6. The van der Waals surface area contributed by atoms with Gasteiger partial charge < -0.3 is 35.2 Å². The summed E-state index contributed by atoms with van der Waals surface area (Å²) < 4.78 is 0. The van der Waals surface area contributed by atoms with Crippen LogP contribution in [-0.4, -0.2) is 92.0 Å². The van der Waals surface area contributed by atoms with Gasteiger partial charge in [-0.15, -0.1) is 0 Å². The van der Waals surface area contributed by atoms with Crippen molar-refractivity contribution in [3.8, 4) is 0 Å². The van der Waals surface area contributed by atoms with Crippen molar-refractivity contribution in [2.75, 3.05) is 68.5 Å². The van der Waals surface area contributed by atoms with Crippen LogP contribution in [0.4, 0.5) is 21.9 Å². The average molecular weight is 622 g/mol. The maximum atomic E-state index is 14.7. The Bertz CT molecular complexity index is 1690. The zero-order valence-electron chi connectivity index (χ0n) is 26.8. The van der Waals surface area contributed by atoms with E-state index >= 15 is 0 Å². The fraction of sp³-hybridized carbons (Fsp3) is 0.361. The first-order chi connectivity index (χ1) is 22.3. The molecule has 0 radical (unpaired) electrons. The van der Waals surface area contributed by atoms with Crippen molar-refractivity contribution in [1.82, 2.24) is 20.1 Å². The molecule has 10 heteroatoms. The molecular formula is C36H43N7O3. The molecule has 1 aromatic heterocycles. The van der Waals surface area contributed by atoms with Crippen molar-refractivity contribution in [1.29, 1.82) is 0 Å². The minimum Gasteiger partial charge on any atom is -0.368 e. The molecule has 46 heavy (non-hydrogen) atoms. The van der Waals surface area contributed by atoms with Crippen LogP contribution in [-0.2, 0) is 22.4 Å². The molecule has 2 aliphatic rings. The number of hydrogen-bond acceptors (Lipinski definition) is 5. The van der Waals surface area contributed by atoms with Crippen LogP contribution in [0.25, 0.3) is 10.9 Å². The van der Waals surface area contributed by atoms with Crippen LogP contribution < -0.4 is 20.4 Å². The molecule has 0 aliphatic carbocycles. The number of urea groups is 1. The fourth-order valence-corrected chi connectivity index (χ4v) is 6.86. The number of nitrogens with zero attached hydrogens (tertiary/aromatic N) is 4. The highest BCUT2D eigenvalue weighted by Crippen LogP contribution is 2.36. The molecule has 2 aliphatic heterocycles. The lowest BCUT2D eigenvalue weighted by Gasteiger charge is -2.39. The van der Waals surface area contributed by atoms with Crippen molar-refractivity contribution in [3.63, 3.8) is 0 Å². The number of anilines is 3. The van der Waals surface area contributed by atoms with Crippen LogP contribution >= 0.6 is 0 Å². The quantitative estimate of drug-likeness (QED) is 0.272. The number of hydrogen-bond donors (Lipinski definition) is 3. The molecule has 0 spiro atoms. The minimum atomic E-state index is -0.797. The van der Waals surface area contributed by atoms with Gasteiger partial charge in [0.25, 0.3) is 0 Å². The van der Waals surface area contributed by atoms with E-state index in [0.717, 1.165) is 65.1 Å². The van der Waals surface area contributed by atoms with Gasteiger partial charge in [0, 0.05) is 86.8 Å². The summed E-state index contributed by atoms with van der Waals surface area (Å²) in [5.74, 6) is -0.166. The predicted octanol–water partition coefficient (Wildman–Crippen LogP) is 4.34. The van der Waals surface area contributed by atoms with E-state index < -0.39 is 6.04 Å². The minimum absolute atomic E-state index is 0.150. The van der Waals surface area contributed by atoms with Crippen LogP contribution in [0.15, 0.2) is 79.0 Å². The number of piperazine rings is 1. The highest BCUT2D eigenvalue weighted by Gasteiger charge is 2.36. The number of fused-ring (bicyclic) bond motifs is 2. The molecule has 240 valence electrons. The van der Waals surface area contributed by atoms with E-state index in [4.69, 9.17) is 0 Å². The van der Waals surface area contributed by atoms with Crippen LogP contribution in [0, 0.1) is 5.92 Å². The van der Waals surface area contributed by atoms with Crippen molar-refractivity contribution >= 4 is 45.8 Å². The maximum Gasteiger partial charge on any atom is 0.318 e. The Kier molecular flexibility index (Phi) is 9.25. The Morgan fingerprint density at radius 3 is 2.41 bits per heavy atom. The summed E-state index contributed by atoms with van der Waals surface area (Å²) >= 11 is 0. The third-order valence-electron chi connectivity index (χ3n) is 8.96. The van der Waals surface area contributed by atoms with Crippen molar-refractivity contribution < 1.29 is 14.4 Å². The number of aromatic nitrogens is 1. The summed E-state index contributed by atoms with van der Waals surface area (Å²) in [6.45, 7) is 5.35. The lowest BCUT2D eigenvalue weighted by atomic mass is 9.89. The van der Waals surface area contributed by atoms with Crippen LogP contribution in [0.1, 0.15) is 18.1 Å². The standard InChI is InChI=1S/C36H43N7O3/c1-25(44)38-32-14-9-15-34-30(32)20-26(23-40(2)3)24-43(34)35(45)33(21-27-22-37-31-13-8-7-12-29(27)31)39-36(46)42-18-16-41(17-19-42)28-10-5-4-6-11-28/h4-15,22,26,33,37H,16-21,23-24H2,1-3H3,(H,38,44)(H,39,46)/t26?,33-/m1/s1. The number of amides is 4. The first-order valence-corrected chi connectivity index (χ1v) is 16.0. The number of para-hydroxylation sites is 2. The zero-order chi connectivity index (χ0) is 32.2. The second-order valence-electron chi connectivity index (χ2n) is 12.6. The van der Waals surface area contributed by atoms with Gasteiger partial charge in [-0.2, -0.15) is 0 Å². The molecule has 0 saturated carbocycles. The summed E-state index contributed by atoms with van der Waals surface area (Å²) in [5, 5.41) is 7.16. The number of rotatable bonds is 8. The summed E-state index contributed by atoms with van der Waals surface area (Å²) in [7, 11) is 4.05. The number of nitrogens with one attached hydrogen (secondary N) is 3. The lowest BCUT2D eigenvalue weighted by Crippen LogP contribution is -2.58. The maximum absolute atomic E-state index is 14.7. The van der Waals surface area contributed by atoms with Gasteiger partial charge in [0.05, 0.1) is 0 Å². The monoisotopic (exact) mass is 621 g/mol. The molecule has 4 aromatic rings. The Morgan fingerprint density at radius 1 is 0.935 bits per heavy atom. The summed E-state index contributed by atoms with van der Waals surface area (Å²) in [5.41, 5.74) is 5.54. The molecule has 3 aromatic carbocycles. The topological polar surface area (TPSA) is 104 Å². The van der Waals surface area contributed by atoms with Gasteiger partial charge in [-0.3, -0.25) is 9.59 Å². The zero-order valence-corrected chi connectivity index (χ0v) is 26.8. The number of carbonyl (C=O) groups excluding carboxylic acids is 3. The van der Waals surface area contributed by atoms with Crippen LogP contribution in [0.5, 0.6) is 0 Å². The van der Waals surface area contributed by atoms with Gasteiger partial charge in [-0.1, -0.05) is 42.5 Å². The lowest BCUT2D eigenvalue weighted by molar-refractivity contribution is -0.120. The molecule has 3 heterocycles. The molecule has 10 nitrogen and oxygen atoms in total. The van der Waals surface area contributed by atoms with Gasteiger partial charge in [-0.25, -0.2) is 4.79 Å². The van der Waals surface area contributed by atoms with E-state index in [9.17, 15) is 14.4 Å². The van der Waals surface area contributed by atoms with Crippen LogP contribution in [0.3, 0.4) is 0 Å². The van der Waals surface area contributed by atoms with Gasteiger partial charge >= 0.3 is 6.03 Å².